The molecule has 8 heteroatoms. The molecule has 0 aliphatic carbocycles. The summed E-state index contributed by atoms with van der Waals surface area (Å²) in [4.78, 5) is 16.8. The Hall–Kier alpha value is -1.67. The summed E-state index contributed by atoms with van der Waals surface area (Å²) in [5.74, 6) is 0.395. The summed E-state index contributed by atoms with van der Waals surface area (Å²) in [5, 5.41) is 0. The van der Waals surface area contributed by atoms with E-state index in [9.17, 15) is 13.2 Å². The molecule has 2 aliphatic heterocycles. The number of carbonyl (C=O) groups excluding carboxylic acids is 1. The summed E-state index contributed by atoms with van der Waals surface area (Å²) < 4.78 is 26.9. The predicted molar refractivity (Wildman–Crippen MR) is 89.7 cm³/mol. The third-order valence-electron chi connectivity index (χ3n) is 4.89. The van der Waals surface area contributed by atoms with Crippen LogP contribution in [-0.2, 0) is 14.8 Å². The Morgan fingerprint density at radius 3 is 2.50 bits per heavy atom. The Morgan fingerprint density at radius 2 is 1.88 bits per heavy atom. The van der Waals surface area contributed by atoms with Gasteiger partial charge in [0.05, 0.1) is 19.0 Å². The number of pyridine rings is 1. The Balaban J connectivity index is 1.74. The van der Waals surface area contributed by atoms with E-state index >= 15 is 0 Å². The van der Waals surface area contributed by atoms with Crippen molar-refractivity contribution in [1.82, 2.24) is 4.31 Å². The van der Waals surface area contributed by atoms with E-state index in [0.29, 0.717) is 19.6 Å². The second kappa shape index (κ2) is 7.06. The van der Waals surface area contributed by atoms with Crippen LogP contribution in [0.2, 0.25) is 0 Å². The number of sulfonamides is 1. The molecule has 7 nitrogen and oxygen atoms in total. The highest BCUT2D eigenvalue weighted by molar-refractivity contribution is 7.89. The van der Waals surface area contributed by atoms with Crippen molar-refractivity contribution in [2.24, 2.45) is 11.7 Å². The number of carbonyl (C=O) groups is 1. The van der Waals surface area contributed by atoms with Crippen LogP contribution >= 0.6 is 0 Å². The van der Waals surface area contributed by atoms with Gasteiger partial charge in [-0.25, -0.2) is 13.4 Å². The first-order chi connectivity index (χ1) is 11.5. The Kier molecular flexibility index (Phi) is 5.05. The maximum atomic E-state index is 12.6. The minimum absolute atomic E-state index is 0.149. The van der Waals surface area contributed by atoms with Gasteiger partial charge in [0.2, 0.25) is 15.9 Å². The molecule has 0 aromatic carbocycles. The Labute approximate surface area is 142 Å². The minimum atomic E-state index is -3.42. The number of nitrogens with one attached hydrogen (secondary N) is 1. The van der Waals surface area contributed by atoms with E-state index in [1.807, 2.05) is 0 Å². The molecule has 2 fully saturated rings. The average Bonchev–Trinajstić information content (AvgIpc) is 2.62. The van der Waals surface area contributed by atoms with Gasteiger partial charge in [-0.3, -0.25) is 9.69 Å². The number of hydrogen-bond donors (Lipinski definition) is 1. The summed E-state index contributed by atoms with van der Waals surface area (Å²) in [6.45, 7) is 2.59. The van der Waals surface area contributed by atoms with Crippen LogP contribution in [-0.4, -0.2) is 44.8 Å². The fourth-order valence-corrected chi connectivity index (χ4v) is 4.93. The summed E-state index contributed by atoms with van der Waals surface area (Å²) in [6.07, 6.45) is 6.19. The number of H-pyrrole nitrogens is 1. The molecule has 1 aromatic rings. The Morgan fingerprint density at radius 1 is 1.12 bits per heavy atom. The van der Waals surface area contributed by atoms with Gasteiger partial charge in [-0.1, -0.05) is 6.42 Å². The van der Waals surface area contributed by atoms with Gasteiger partial charge in [-0.15, -0.1) is 0 Å². The van der Waals surface area contributed by atoms with E-state index in [1.54, 1.807) is 22.6 Å². The lowest BCUT2D eigenvalue weighted by molar-refractivity contribution is -0.367. The number of aromatic amines is 1. The van der Waals surface area contributed by atoms with E-state index < -0.39 is 10.0 Å². The van der Waals surface area contributed by atoms with E-state index in [0.717, 1.165) is 44.5 Å². The zero-order chi connectivity index (χ0) is 17.2. The van der Waals surface area contributed by atoms with Crippen molar-refractivity contribution >= 4 is 21.7 Å². The van der Waals surface area contributed by atoms with Crippen LogP contribution in [0.1, 0.15) is 32.1 Å². The molecule has 132 valence electrons. The van der Waals surface area contributed by atoms with Crippen molar-refractivity contribution in [3.63, 3.8) is 0 Å². The lowest BCUT2D eigenvalue weighted by Crippen LogP contribution is -2.43. The van der Waals surface area contributed by atoms with Crippen molar-refractivity contribution in [2.75, 3.05) is 31.1 Å². The fraction of sp³-hybridized carbons (Fsp3) is 0.625. The zero-order valence-electron chi connectivity index (χ0n) is 13.8. The normalized spacial score (nSPS) is 23.2. The zero-order valence-corrected chi connectivity index (χ0v) is 14.6. The highest BCUT2D eigenvalue weighted by atomic mass is 32.2. The van der Waals surface area contributed by atoms with E-state index in [1.165, 1.54) is 0 Å². The highest BCUT2D eigenvalue weighted by Gasteiger charge is 2.31. The topological polar surface area (TPSA) is 97.8 Å². The van der Waals surface area contributed by atoms with Crippen molar-refractivity contribution in [3.05, 3.63) is 18.3 Å². The molecule has 2 aliphatic rings. The number of hydrogen-bond acceptors (Lipinski definition) is 4. The third-order valence-corrected chi connectivity index (χ3v) is 6.78. The van der Waals surface area contributed by atoms with Crippen LogP contribution < -0.4 is 15.6 Å². The van der Waals surface area contributed by atoms with E-state index in [-0.39, 0.29) is 16.7 Å². The maximum absolute atomic E-state index is 12.6. The standard InChI is InChI=1S/C16H24N4O3S/c17-16(21)13-5-4-8-19(12-13)15-7-6-14(11-18-15)24(22,23)20-9-2-1-3-10-20/h6-7,11,13H,1-5,8-10,12H2,(H2,17,21)/p+1/t13-/m0/s1. The molecule has 24 heavy (non-hydrogen) atoms. The van der Waals surface area contributed by atoms with Gasteiger partial charge >= 0.3 is 0 Å². The monoisotopic (exact) mass is 353 g/mol. The minimum Gasteiger partial charge on any atom is -0.369 e. The van der Waals surface area contributed by atoms with Gasteiger partial charge in [-0.2, -0.15) is 4.31 Å². The first-order valence-electron chi connectivity index (χ1n) is 8.54. The summed E-state index contributed by atoms with van der Waals surface area (Å²) >= 11 is 0. The molecule has 3 heterocycles. The number of aromatic nitrogens is 1. The highest BCUT2D eigenvalue weighted by Crippen LogP contribution is 2.23. The van der Waals surface area contributed by atoms with Gasteiger partial charge in [-0.05, 0) is 31.7 Å². The number of piperidine rings is 2. The summed E-state index contributed by atoms with van der Waals surface area (Å²) in [7, 11) is -3.42. The number of nitrogens with two attached hydrogens (primary N) is 1. The molecular formula is C16H25N4O3S+. The molecule has 0 saturated carbocycles. The van der Waals surface area contributed by atoms with Crippen molar-refractivity contribution in [2.45, 2.75) is 37.0 Å². The summed E-state index contributed by atoms with van der Waals surface area (Å²) in [5.41, 5.74) is 5.41. The fourth-order valence-electron chi connectivity index (χ4n) is 3.44. The molecule has 1 aromatic heterocycles. The van der Waals surface area contributed by atoms with Gasteiger partial charge < -0.3 is 5.73 Å². The van der Waals surface area contributed by atoms with Crippen LogP contribution in [0.4, 0.5) is 5.82 Å². The first kappa shape index (κ1) is 17.2. The summed E-state index contributed by atoms with van der Waals surface area (Å²) in [6, 6.07) is 3.42. The van der Waals surface area contributed by atoms with Crippen LogP contribution in [0.15, 0.2) is 23.2 Å². The van der Waals surface area contributed by atoms with Gasteiger partial charge in [0.1, 0.15) is 11.1 Å². The number of primary amides is 1. The van der Waals surface area contributed by atoms with E-state index in [2.05, 4.69) is 9.88 Å². The average molecular weight is 353 g/mol. The van der Waals surface area contributed by atoms with Crippen LogP contribution in [0.3, 0.4) is 0 Å². The quantitative estimate of drug-likeness (QED) is 0.846. The molecule has 3 N–H and O–H groups in total. The second-order valence-corrected chi connectivity index (χ2v) is 8.50. The first-order valence-corrected chi connectivity index (χ1v) is 9.98. The van der Waals surface area contributed by atoms with Gasteiger partial charge in [0, 0.05) is 19.2 Å². The lowest BCUT2D eigenvalue weighted by atomic mass is 9.97. The molecule has 0 spiro atoms. The number of rotatable bonds is 4. The van der Waals surface area contributed by atoms with Crippen molar-refractivity contribution in [3.8, 4) is 0 Å². The largest absolute Gasteiger partial charge is 0.369 e. The number of nitrogens with zero attached hydrogens (tertiary/aromatic N) is 2. The predicted octanol–water partition coefficient (Wildman–Crippen LogP) is 0.377. The van der Waals surface area contributed by atoms with Gasteiger partial charge in [0.25, 0.3) is 5.82 Å². The molecule has 0 unspecified atom stereocenters. The SMILES string of the molecule is NC(=O)[C@H]1CCCN(c2ccc(S(=O)(=O)N3CCCCC3)c[nH+]2)C1. The van der Waals surface area contributed by atoms with E-state index in [4.69, 9.17) is 5.73 Å². The number of anilines is 1. The van der Waals surface area contributed by atoms with Crippen molar-refractivity contribution in [1.29, 1.82) is 0 Å². The molecular weight excluding hydrogens is 328 g/mol. The third kappa shape index (κ3) is 3.54. The smallest absolute Gasteiger partial charge is 0.274 e. The van der Waals surface area contributed by atoms with Crippen LogP contribution in [0.5, 0.6) is 0 Å². The molecule has 0 bridgehead atoms. The Bertz CT molecular complexity index is 684. The lowest BCUT2D eigenvalue weighted by Gasteiger charge is -2.27. The molecule has 0 radical (unpaired) electrons. The number of amides is 1. The molecule has 1 atom stereocenters. The second-order valence-electron chi connectivity index (χ2n) is 6.56. The van der Waals surface area contributed by atoms with Gasteiger partial charge in [0.15, 0.2) is 0 Å². The van der Waals surface area contributed by atoms with Crippen LogP contribution in [0, 0.1) is 5.92 Å². The molecule has 2 saturated heterocycles. The van der Waals surface area contributed by atoms with Crippen LogP contribution in [0.25, 0.3) is 0 Å². The molecule has 1 amide bonds. The maximum Gasteiger partial charge on any atom is 0.274 e. The molecule has 3 rings (SSSR count). The van der Waals surface area contributed by atoms with Crippen molar-refractivity contribution < 1.29 is 18.2 Å².